The average molecular weight is 241 g/mol. The standard InChI is InChI=1S/C9H11N3O3S/c1-12-7(9(14)15)5-6(8(12)16-2)10-3-4(13)11-5/h10H,3H2,1-2H3,(H,11,13)(H,14,15). The number of carboxylic acids is 1. The monoisotopic (exact) mass is 241 g/mol. The first-order valence-electron chi connectivity index (χ1n) is 4.60. The number of carbonyl (C=O) groups excluding carboxylic acids is 1. The highest BCUT2D eigenvalue weighted by Gasteiger charge is 2.29. The van der Waals surface area contributed by atoms with E-state index < -0.39 is 5.97 Å². The van der Waals surface area contributed by atoms with E-state index >= 15 is 0 Å². The van der Waals surface area contributed by atoms with Crippen LogP contribution in [0.1, 0.15) is 10.5 Å². The number of amides is 1. The number of nitrogens with zero attached hydrogens (tertiary/aromatic N) is 1. The topological polar surface area (TPSA) is 83.4 Å². The highest BCUT2D eigenvalue weighted by molar-refractivity contribution is 7.98. The van der Waals surface area contributed by atoms with Gasteiger partial charge < -0.3 is 20.3 Å². The Morgan fingerprint density at radius 1 is 1.50 bits per heavy atom. The van der Waals surface area contributed by atoms with Crippen molar-refractivity contribution in [2.75, 3.05) is 23.4 Å². The fraction of sp³-hybridized carbons (Fsp3) is 0.333. The van der Waals surface area contributed by atoms with E-state index in [9.17, 15) is 9.59 Å². The second-order valence-corrected chi connectivity index (χ2v) is 4.17. The molecular weight excluding hydrogens is 230 g/mol. The second-order valence-electron chi connectivity index (χ2n) is 3.37. The van der Waals surface area contributed by atoms with Crippen molar-refractivity contribution in [2.45, 2.75) is 5.03 Å². The lowest BCUT2D eigenvalue weighted by molar-refractivity contribution is -0.114. The SMILES string of the molecule is CSc1c2c(c(C(=O)O)n1C)NC(=O)CN2. The van der Waals surface area contributed by atoms with E-state index in [-0.39, 0.29) is 18.1 Å². The molecule has 1 aromatic heterocycles. The van der Waals surface area contributed by atoms with Gasteiger partial charge in [-0.3, -0.25) is 4.79 Å². The van der Waals surface area contributed by atoms with Gasteiger partial charge in [-0.15, -0.1) is 11.8 Å². The first-order chi connectivity index (χ1) is 7.56. The Kier molecular flexibility index (Phi) is 2.55. The summed E-state index contributed by atoms with van der Waals surface area (Å²) < 4.78 is 1.57. The second kappa shape index (κ2) is 3.75. The van der Waals surface area contributed by atoms with E-state index in [4.69, 9.17) is 5.11 Å². The number of fused-ring (bicyclic) bond motifs is 1. The van der Waals surface area contributed by atoms with E-state index in [1.807, 2.05) is 6.26 Å². The van der Waals surface area contributed by atoms with Crippen LogP contribution in [0.4, 0.5) is 11.4 Å². The van der Waals surface area contributed by atoms with Gasteiger partial charge >= 0.3 is 5.97 Å². The summed E-state index contributed by atoms with van der Waals surface area (Å²) in [5.74, 6) is -1.28. The minimum atomic E-state index is -1.05. The lowest BCUT2D eigenvalue weighted by Crippen LogP contribution is -2.27. The van der Waals surface area contributed by atoms with E-state index in [2.05, 4.69) is 10.6 Å². The molecule has 7 heteroatoms. The zero-order valence-corrected chi connectivity index (χ0v) is 9.64. The van der Waals surface area contributed by atoms with Gasteiger partial charge in [0, 0.05) is 7.05 Å². The Balaban J connectivity index is 2.66. The molecule has 0 spiro atoms. The van der Waals surface area contributed by atoms with Gasteiger partial charge in [0.05, 0.1) is 17.9 Å². The zero-order valence-electron chi connectivity index (χ0n) is 8.83. The van der Waals surface area contributed by atoms with Gasteiger partial charge in [0.1, 0.15) is 5.03 Å². The minimum Gasteiger partial charge on any atom is -0.477 e. The molecule has 1 amide bonds. The largest absolute Gasteiger partial charge is 0.477 e. The first-order valence-corrected chi connectivity index (χ1v) is 5.82. The summed E-state index contributed by atoms with van der Waals surface area (Å²) in [5, 5.41) is 15.4. The summed E-state index contributed by atoms with van der Waals surface area (Å²) in [6, 6.07) is 0. The number of rotatable bonds is 2. The molecule has 6 nitrogen and oxygen atoms in total. The Morgan fingerprint density at radius 3 is 2.75 bits per heavy atom. The van der Waals surface area contributed by atoms with Crippen LogP contribution in [-0.2, 0) is 11.8 Å². The van der Waals surface area contributed by atoms with Gasteiger partial charge in [0.25, 0.3) is 0 Å². The number of hydrogen-bond acceptors (Lipinski definition) is 4. The molecule has 1 aromatic rings. The molecule has 0 fully saturated rings. The molecule has 3 N–H and O–H groups in total. The van der Waals surface area contributed by atoms with Crippen LogP contribution in [-0.4, -0.2) is 34.4 Å². The Bertz CT molecular complexity index is 481. The Morgan fingerprint density at radius 2 is 2.19 bits per heavy atom. The highest BCUT2D eigenvalue weighted by atomic mass is 32.2. The van der Waals surface area contributed by atoms with Gasteiger partial charge in [-0.05, 0) is 6.26 Å². The molecule has 0 atom stereocenters. The van der Waals surface area contributed by atoms with Gasteiger partial charge in [-0.2, -0.15) is 0 Å². The molecular formula is C9H11N3O3S. The van der Waals surface area contributed by atoms with Crippen molar-refractivity contribution in [3.63, 3.8) is 0 Å². The number of thioether (sulfide) groups is 1. The van der Waals surface area contributed by atoms with Crippen molar-refractivity contribution in [1.82, 2.24) is 4.57 Å². The van der Waals surface area contributed by atoms with Crippen molar-refractivity contribution in [2.24, 2.45) is 7.05 Å². The molecule has 0 saturated heterocycles. The van der Waals surface area contributed by atoms with Crippen molar-refractivity contribution >= 4 is 35.0 Å². The maximum absolute atomic E-state index is 11.2. The molecule has 0 aliphatic carbocycles. The molecule has 0 unspecified atom stereocenters. The quantitative estimate of drug-likeness (QED) is 0.667. The summed E-state index contributed by atoms with van der Waals surface area (Å²) in [5.41, 5.74) is 1.14. The number of carbonyl (C=O) groups is 2. The first kappa shape index (κ1) is 10.9. The molecule has 0 aromatic carbocycles. The van der Waals surface area contributed by atoms with Crippen molar-refractivity contribution in [3.8, 4) is 0 Å². The summed E-state index contributed by atoms with van der Waals surface area (Å²) in [6.07, 6.45) is 1.86. The van der Waals surface area contributed by atoms with Crippen molar-refractivity contribution in [1.29, 1.82) is 0 Å². The number of nitrogens with one attached hydrogen (secondary N) is 2. The Labute approximate surface area is 96.0 Å². The van der Waals surface area contributed by atoms with Crippen LogP contribution in [0.25, 0.3) is 0 Å². The molecule has 2 rings (SSSR count). The van der Waals surface area contributed by atoms with Crippen molar-refractivity contribution < 1.29 is 14.7 Å². The molecule has 0 saturated carbocycles. The van der Waals surface area contributed by atoms with Crippen molar-refractivity contribution in [3.05, 3.63) is 5.69 Å². The van der Waals surface area contributed by atoms with Crippen LogP contribution in [0.15, 0.2) is 5.03 Å². The van der Waals surface area contributed by atoms with Crippen LogP contribution in [0.2, 0.25) is 0 Å². The molecule has 86 valence electrons. The predicted octanol–water partition coefficient (Wildman–Crippen LogP) is 0.809. The molecule has 0 radical (unpaired) electrons. The lowest BCUT2D eigenvalue weighted by Gasteiger charge is -2.15. The lowest BCUT2D eigenvalue weighted by atomic mass is 10.2. The van der Waals surface area contributed by atoms with Crippen LogP contribution in [0.3, 0.4) is 0 Å². The number of aromatic nitrogens is 1. The smallest absolute Gasteiger partial charge is 0.354 e. The molecule has 1 aliphatic rings. The van der Waals surface area contributed by atoms with E-state index in [0.717, 1.165) is 5.03 Å². The highest BCUT2D eigenvalue weighted by Crippen LogP contribution is 2.39. The maximum Gasteiger partial charge on any atom is 0.354 e. The molecule has 2 heterocycles. The third kappa shape index (κ3) is 1.44. The molecule has 1 aliphatic heterocycles. The van der Waals surface area contributed by atoms with Crippen LogP contribution in [0, 0.1) is 0 Å². The average Bonchev–Trinajstić information content (AvgIpc) is 2.48. The maximum atomic E-state index is 11.2. The predicted molar refractivity (Wildman–Crippen MR) is 61.3 cm³/mol. The normalized spacial score (nSPS) is 14.0. The van der Waals surface area contributed by atoms with E-state index in [0.29, 0.717) is 11.4 Å². The van der Waals surface area contributed by atoms with Gasteiger partial charge in [0.15, 0.2) is 5.69 Å². The fourth-order valence-electron chi connectivity index (χ4n) is 1.79. The van der Waals surface area contributed by atoms with Crippen LogP contribution >= 0.6 is 11.8 Å². The number of hydrogen-bond donors (Lipinski definition) is 3. The van der Waals surface area contributed by atoms with E-state index in [1.54, 1.807) is 11.6 Å². The summed E-state index contributed by atoms with van der Waals surface area (Å²) in [6.45, 7) is 0.170. The zero-order chi connectivity index (χ0) is 11.9. The summed E-state index contributed by atoms with van der Waals surface area (Å²) >= 11 is 1.44. The van der Waals surface area contributed by atoms with Gasteiger partial charge in [-0.1, -0.05) is 0 Å². The molecule has 16 heavy (non-hydrogen) atoms. The summed E-state index contributed by atoms with van der Waals surface area (Å²) in [4.78, 5) is 22.3. The van der Waals surface area contributed by atoms with Crippen LogP contribution < -0.4 is 10.6 Å². The number of aromatic carboxylic acids is 1. The molecule has 0 bridgehead atoms. The number of anilines is 2. The third-order valence-corrected chi connectivity index (χ3v) is 3.29. The Hall–Kier alpha value is -1.63. The number of carboxylic acid groups (broad SMARTS) is 1. The van der Waals surface area contributed by atoms with Crippen LogP contribution in [0.5, 0.6) is 0 Å². The fourth-order valence-corrected chi connectivity index (χ4v) is 2.53. The van der Waals surface area contributed by atoms with Gasteiger partial charge in [-0.25, -0.2) is 4.79 Å². The minimum absolute atomic E-state index is 0.0971. The summed E-state index contributed by atoms with van der Waals surface area (Å²) in [7, 11) is 1.67. The van der Waals surface area contributed by atoms with Gasteiger partial charge in [0.2, 0.25) is 5.91 Å². The third-order valence-electron chi connectivity index (χ3n) is 2.43. The van der Waals surface area contributed by atoms with E-state index in [1.165, 1.54) is 11.8 Å².